The normalized spacial score (nSPS) is 11.7. The average molecular weight is 428 g/mol. The Morgan fingerprint density at radius 3 is 2.69 bits per heavy atom. The van der Waals surface area contributed by atoms with Gasteiger partial charge >= 0.3 is 5.97 Å². The maximum absolute atomic E-state index is 12.8. The molecular formula is C21H21N3O3S2. The monoisotopic (exact) mass is 427 g/mol. The summed E-state index contributed by atoms with van der Waals surface area (Å²) in [7, 11) is 0. The largest absolute Gasteiger partial charge is 0.462 e. The molecule has 0 spiro atoms. The number of carbonyl (C=O) groups is 2. The number of nitrogens with one attached hydrogen (secondary N) is 1. The van der Waals surface area contributed by atoms with Crippen molar-refractivity contribution in [1.29, 1.82) is 0 Å². The van der Waals surface area contributed by atoms with Gasteiger partial charge in [0.2, 0.25) is 5.91 Å². The van der Waals surface area contributed by atoms with Crippen molar-refractivity contribution in [1.82, 2.24) is 9.97 Å². The summed E-state index contributed by atoms with van der Waals surface area (Å²) >= 11 is 2.65. The number of rotatable bonds is 7. The number of hydrogen-bond acceptors (Lipinski definition) is 7. The zero-order chi connectivity index (χ0) is 20.8. The summed E-state index contributed by atoms with van der Waals surface area (Å²) in [5.74, 6) is -0.659. The first kappa shape index (κ1) is 21.0. The molecule has 1 N–H and O–H groups in total. The smallest absolute Gasteiger partial charge is 0.341 e. The average Bonchev–Trinajstić information content (AvgIpc) is 3.12. The Morgan fingerprint density at radius 1 is 1.24 bits per heavy atom. The third-order valence-electron chi connectivity index (χ3n) is 4.04. The lowest BCUT2D eigenvalue weighted by molar-refractivity contribution is -0.115. The van der Waals surface area contributed by atoms with Crippen molar-refractivity contribution in [2.75, 3.05) is 11.9 Å². The van der Waals surface area contributed by atoms with Gasteiger partial charge in [-0.25, -0.2) is 14.8 Å². The molecule has 0 saturated carbocycles. The maximum Gasteiger partial charge on any atom is 0.341 e. The Hall–Kier alpha value is -2.71. The van der Waals surface area contributed by atoms with Gasteiger partial charge in [-0.1, -0.05) is 42.1 Å². The van der Waals surface area contributed by atoms with Gasteiger partial charge in [-0.15, -0.1) is 11.3 Å². The topological polar surface area (TPSA) is 81.2 Å². The van der Waals surface area contributed by atoms with E-state index in [9.17, 15) is 9.59 Å². The molecule has 0 aliphatic rings. The van der Waals surface area contributed by atoms with E-state index < -0.39 is 11.2 Å². The molecule has 0 bridgehead atoms. The summed E-state index contributed by atoms with van der Waals surface area (Å²) in [6, 6.07) is 11.4. The summed E-state index contributed by atoms with van der Waals surface area (Å²) in [6.45, 7) is 5.69. The molecule has 3 rings (SSSR count). The molecule has 0 saturated heterocycles. The minimum atomic E-state index is -0.449. The van der Waals surface area contributed by atoms with Gasteiger partial charge in [0, 0.05) is 16.6 Å². The lowest BCUT2D eigenvalue weighted by Gasteiger charge is -2.12. The van der Waals surface area contributed by atoms with Gasteiger partial charge in [-0.05, 0) is 32.4 Å². The van der Waals surface area contributed by atoms with Crippen LogP contribution < -0.4 is 5.32 Å². The number of hydrogen-bond donors (Lipinski definition) is 1. The van der Waals surface area contributed by atoms with Gasteiger partial charge in [-0.2, -0.15) is 0 Å². The first-order valence-corrected chi connectivity index (χ1v) is 10.9. The summed E-state index contributed by atoms with van der Waals surface area (Å²) in [4.78, 5) is 33.6. The minimum Gasteiger partial charge on any atom is -0.462 e. The quantitative estimate of drug-likeness (QED) is 0.331. The summed E-state index contributed by atoms with van der Waals surface area (Å²) in [5, 5.41) is 5.56. The summed E-state index contributed by atoms with van der Waals surface area (Å²) in [5.41, 5.74) is 2.86. The molecule has 29 heavy (non-hydrogen) atoms. The van der Waals surface area contributed by atoms with Crippen LogP contribution in [0.25, 0.3) is 11.1 Å². The Labute approximate surface area is 177 Å². The first-order valence-electron chi connectivity index (χ1n) is 9.09. The van der Waals surface area contributed by atoms with E-state index in [4.69, 9.17) is 4.74 Å². The number of benzene rings is 1. The second kappa shape index (κ2) is 9.67. The van der Waals surface area contributed by atoms with Crippen molar-refractivity contribution < 1.29 is 14.3 Å². The molecule has 2 heterocycles. The molecule has 1 amide bonds. The van der Waals surface area contributed by atoms with Crippen LogP contribution in [-0.2, 0) is 9.53 Å². The molecule has 1 aromatic carbocycles. The number of aryl methyl sites for hydroxylation is 1. The van der Waals surface area contributed by atoms with Crippen molar-refractivity contribution in [2.24, 2.45) is 0 Å². The molecule has 6 nitrogen and oxygen atoms in total. The molecule has 1 unspecified atom stereocenters. The van der Waals surface area contributed by atoms with E-state index in [1.807, 2.05) is 48.7 Å². The molecule has 2 aromatic heterocycles. The van der Waals surface area contributed by atoms with Crippen LogP contribution in [-0.4, -0.2) is 33.7 Å². The van der Waals surface area contributed by atoms with Gasteiger partial charge in [0.15, 0.2) is 0 Å². The molecule has 8 heteroatoms. The predicted molar refractivity (Wildman–Crippen MR) is 116 cm³/mol. The third-order valence-corrected chi connectivity index (χ3v) is 5.97. The van der Waals surface area contributed by atoms with Crippen LogP contribution >= 0.6 is 23.1 Å². The Balaban J connectivity index is 1.83. The summed E-state index contributed by atoms with van der Waals surface area (Å²) < 4.78 is 5.23. The maximum atomic E-state index is 12.8. The van der Waals surface area contributed by atoms with E-state index in [1.54, 1.807) is 13.8 Å². The Kier molecular flexibility index (Phi) is 7.00. The van der Waals surface area contributed by atoms with Crippen LogP contribution in [0.5, 0.6) is 0 Å². The van der Waals surface area contributed by atoms with Crippen LogP contribution in [0.1, 0.15) is 29.9 Å². The van der Waals surface area contributed by atoms with E-state index in [0.29, 0.717) is 10.6 Å². The molecule has 1 atom stereocenters. The zero-order valence-electron chi connectivity index (χ0n) is 16.3. The number of thiophene rings is 1. The number of nitrogens with zero attached hydrogens (tertiary/aromatic N) is 2. The highest BCUT2D eigenvalue weighted by atomic mass is 32.2. The molecule has 3 aromatic rings. The number of aromatic nitrogens is 2. The van der Waals surface area contributed by atoms with Crippen molar-refractivity contribution in [3.63, 3.8) is 0 Å². The van der Waals surface area contributed by atoms with E-state index >= 15 is 0 Å². The number of anilines is 1. The van der Waals surface area contributed by atoms with E-state index in [-0.39, 0.29) is 12.5 Å². The lowest BCUT2D eigenvalue weighted by Crippen LogP contribution is -2.23. The SMILES string of the molecule is CCOC(=O)c1c(-c2ccccc2)csc1NC(=O)C(C)Sc1cc(C)ncn1. The van der Waals surface area contributed by atoms with Crippen LogP contribution in [0, 0.1) is 6.92 Å². The lowest BCUT2D eigenvalue weighted by atomic mass is 10.0. The number of esters is 1. The van der Waals surface area contributed by atoms with E-state index in [1.165, 1.54) is 29.4 Å². The number of carbonyl (C=O) groups excluding carboxylic acids is 2. The van der Waals surface area contributed by atoms with Crippen LogP contribution in [0.15, 0.2) is 53.1 Å². The van der Waals surface area contributed by atoms with Crippen molar-refractivity contribution in [3.05, 3.63) is 59.4 Å². The van der Waals surface area contributed by atoms with Gasteiger partial charge in [0.25, 0.3) is 0 Å². The van der Waals surface area contributed by atoms with Gasteiger partial charge < -0.3 is 10.1 Å². The van der Waals surface area contributed by atoms with Crippen molar-refractivity contribution in [3.8, 4) is 11.1 Å². The number of amides is 1. The van der Waals surface area contributed by atoms with Crippen LogP contribution in [0.4, 0.5) is 5.00 Å². The fourth-order valence-corrected chi connectivity index (χ4v) is 4.46. The molecule has 0 aliphatic carbocycles. The molecule has 0 fully saturated rings. The van der Waals surface area contributed by atoms with Crippen molar-refractivity contribution in [2.45, 2.75) is 31.0 Å². The standard InChI is InChI=1S/C21H21N3O3S2/c1-4-27-21(26)18-16(15-8-6-5-7-9-15)11-28-20(18)24-19(25)14(3)29-17-10-13(2)22-12-23-17/h5-12,14H,4H2,1-3H3,(H,24,25). The fraction of sp³-hybridized carbons (Fsp3) is 0.238. The Morgan fingerprint density at radius 2 is 2.00 bits per heavy atom. The van der Waals surface area contributed by atoms with Crippen LogP contribution in [0.3, 0.4) is 0 Å². The Bertz CT molecular complexity index is 1010. The van der Waals surface area contributed by atoms with E-state index in [2.05, 4.69) is 15.3 Å². The second-order valence-electron chi connectivity index (χ2n) is 6.19. The first-order chi connectivity index (χ1) is 14.0. The van der Waals surface area contributed by atoms with Gasteiger partial charge in [0.1, 0.15) is 21.9 Å². The molecule has 0 radical (unpaired) electrons. The highest BCUT2D eigenvalue weighted by Gasteiger charge is 2.24. The second-order valence-corrected chi connectivity index (χ2v) is 8.43. The number of ether oxygens (including phenoxy) is 1. The zero-order valence-corrected chi connectivity index (χ0v) is 18.0. The van der Waals surface area contributed by atoms with Gasteiger partial charge in [-0.3, -0.25) is 4.79 Å². The number of thioether (sulfide) groups is 1. The molecule has 0 aliphatic heterocycles. The van der Waals surface area contributed by atoms with E-state index in [0.717, 1.165) is 21.8 Å². The summed E-state index contributed by atoms with van der Waals surface area (Å²) in [6.07, 6.45) is 1.48. The molecular weight excluding hydrogens is 406 g/mol. The van der Waals surface area contributed by atoms with Gasteiger partial charge in [0.05, 0.1) is 11.9 Å². The fourth-order valence-electron chi connectivity index (χ4n) is 2.63. The molecule has 150 valence electrons. The third kappa shape index (κ3) is 5.21. The minimum absolute atomic E-state index is 0.210. The predicted octanol–water partition coefficient (Wildman–Crippen LogP) is 4.81. The van der Waals surface area contributed by atoms with Crippen LogP contribution in [0.2, 0.25) is 0 Å². The highest BCUT2D eigenvalue weighted by molar-refractivity contribution is 8.00. The van der Waals surface area contributed by atoms with Crippen molar-refractivity contribution >= 4 is 40.0 Å². The highest BCUT2D eigenvalue weighted by Crippen LogP contribution is 2.36.